The second-order valence-electron chi connectivity index (χ2n) is 6.87. The van der Waals surface area contributed by atoms with Gasteiger partial charge in [-0.15, -0.1) is 0 Å². The molecule has 2 heterocycles. The molecule has 0 unspecified atom stereocenters. The Morgan fingerprint density at radius 1 is 0.968 bits per heavy atom. The normalized spacial score (nSPS) is 11.1. The number of fused-ring (bicyclic) bond motifs is 2. The van der Waals surface area contributed by atoms with Gasteiger partial charge in [0.15, 0.2) is 0 Å². The van der Waals surface area contributed by atoms with Gasteiger partial charge in [0, 0.05) is 11.6 Å². The first-order valence-corrected chi connectivity index (χ1v) is 9.92. The number of benzene rings is 3. The molecule has 8 heteroatoms. The Bertz CT molecular complexity index is 1380. The van der Waals surface area contributed by atoms with Crippen LogP contribution < -0.4 is 14.8 Å². The molecule has 0 amide bonds. The van der Waals surface area contributed by atoms with E-state index in [2.05, 4.69) is 25.3 Å². The summed E-state index contributed by atoms with van der Waals surface area (Å²) in [4.78, 5) is 16.8. The van der Waals surface area contributed by atoms with E-state index in [0.29, 0.717) is 33.5 Å². The van der Waals surface area contributed by atoms with Gasteiger partial charge in [0.05, 0.1) is 41.3 Å². The summed E-state index contributed by atoms with van der Waals surface area (Å²) >= 11 is 6.49. The maximum atomic E-state index is 6.49. The van der Waals surface area contributed by atoms with Crippen molar-refractivity contribution in [3.05, 3.63) is 65.9 Å². The van der Waals surface area contributed by atoms with E-state index in [0.717, 1.165) is 27.8 Å². The minimum absolute atomic E-state index is 0.557. The lowest BCUT2D eigenvalue weighted by Crippen LogP contribution is -1.99. The first-order chi connectivity index (χ1) is 15.2. The minimum atomic E-state index is 0.557. The zero-order valence-corrected chi connectivity index (χ0v) is 17.6. The molecule has 31 heavy (non-hydrogen) atoms. The second kappa shape index (κ2) is 7.77. The second-order valence-corrected chi connectivity index (χ2v) is 7.28. The number of anilines is 2. The van der Waals surface area contributed by atoms with Crippen LogP contribution in [-0.4, -0.2) is 34.2 Å². The van der Waals surface area contributed by atoms with Gasteiger partial charge in [0.1, 0.15) is 35.0 Å². The molecule has 154 valence electrons. The summed E-state index contributed by atoms with van der Waals surface area (Å²) in [6.45, 7) is 0. The van der Waals surface area contributed by atoms with Crippen LogP contribution in [0.2, 0.25) is 5.02 Å². The number of hydrogen-bond donors (Lipinski definition) is 2. The number of ether oxygens (including phenoxy) is 2. The van der Waals surface area contributed by atoms with E-state index in [1.54, 1.807) is 20.3 Å². The van der Waals surface area contributed by atoms with E-state index in [4.69, 9.17) is 21.1 Å². The summed E-state index contributed by atoms with van der Waals surface area (Å²) < 4.78 is 10.9. The molecular weight excluding hydrogens is 414 g/mol. The Kier molecular flexibility index (Phi) is 4.80. The molecule has 2 N–H and O–H groups in total. The van der Waals surface area contributed by atoms with Gasteiger partial charge < -0.3 is 19.8 Å². The maximum Gasteiger partial charge on any atom is 0.148 e. The average molecular weight is 432 g/mol. The summed E-state index contributed by atoms with van der Waals surface area (Å²) in [7, 11) is 3.20. The predicted molar refractivity (Wildman–Crippen MR) is 122 cm³/mol. The molecule has 0 radical (unpaired) electrons. The summed E-state index contributed by atoms with van der Waals surface area (Å²) in [5.41, 5.74) is 4.15. The Labute approximate surface area is 183 Å². The minimum Gasteiger partial charge on any atom is -0.497 e. The van der Waals surface area contributed by atoms with Gasteiger partial charge in [-0.1, -0.05) is 23.7 Å². The van der Waals surface area contributed by atoms with Gasteiger partial charge in [0.25, 0.3) is 0 Å². The number of imidazole rings is 1. The van der Waals surface area contributed by atoms with Crippen molar-refractivity contribution < 1.29 is 9.47 Å². The number of para-hydroxylation sites is 2. The first kappa shape index (κ1) is 19.1. The predicted octanol–water partition coefficient (Wildman–Crippen LogP) is 5.59. The summed E-state index contributed by atoms with van der Waals surface area (Å²) in [6, 6.07) is 17.2. The van der Waals surface area contributed by atoms with Crippen LogP contribution in [0, 0.1) is 0 Å². The van der Waals surface area contributed by atoms with Gasteiger partial charge in [-0.2, -0.15) is 0 Å². The van der Waals surface area contributed by atoms with E-state index in [9.17, 15) is 0 Å². The van der Waals surface area contributed by atoms with E-state index < -0.39 is 0 Å². The molecule has 0 bridgehead atoms. The number of aromatic nitrogens is 4. The van der Waals surface area contributed by atoms with E-state index in [1.165, 1.54) is 6.33 Å². The Morgan fingerprint density at radius 3 is 2.65 bits per heavy atom. The standard InChI is InChI=1S/C23H18ClN5O2/c1-30-14-10-15-21(20(11-14)31-2)25-12-26-23(15)29-19-9-13(7-8-16(19)24)22-27-17-5-3-4-6-18(17)28-22/h3-12H,1-2H3,(H,27,28)(H,25,26,29). The molecule has 0 spiro atoms. The SMILES string of the molecule is COc1cc(OC)c2ncnc(Nc3cc(-c4nc5ccccc5[nH]4)ccc3Cl)c2c1. The number of methoxy groups -OCH3 is 2. The highest BCUT2D eigenvalue weighted by Crippen LogP contribution is 2.36. The number of hydrogen-bond acceptors (Lipinski definition) is 6. The van der Waals surface area contributed by atoms with Crippen LogP contribution in [0.5, 0.6) is 11.5 Å². The van der Waals surface area contributed by atoms with Crippen molar-refractivity contribution in [2.75, 3.05) is 19.5 Å². The lowest BCUT2D eigenvalue weighted by atomic mass is 10.1. The van der Waals surface area contributed by atoms with Gasteiger partial charge in [0.2, 0.25) is 0 Å². The molecule has 0 saturated heterocycles. The third-order valence-corrected chi connectivity index (χ3v) is 5.34. The fourth-order valence-corrected chi connectivity index (χ4v) is 3.63. The fourth-order valence-electron chi connectivity index (χ4n) is 3.47. The molecule has 0 atom stereocenters. The molecule has 0 fully saturated rings. The van der Waals surface area contributed by atoms with Crippen molar-refractivity contribution in [2.24, 2.45) is 0 Å². The van der Waals surface area contributed by atoms with Crippen molar-refractivity contribution in [3.8, 4) is 22.9 Å². The molecule has 5 rings (SSSR count). The van der Waals surface area contributed by atoms with Crippen LogP contribution in [-0.2, 0) is 0 Å². The van der Waals surface area contributed by atoms with Gasteiger partial charge in [-0.05, 0) is 36.4 Å². The Morgan fingerprint density at radius 2 is 1.84 bits per heavy atom. The van der Waals surface area contributed by atoms with Gasteiger partial charge in [-0.25, -0.2) is 15.0 Å². The number of nitrogens with zero attached hydrogens (tertiary/aromatic N) is 3. The topological polar surface area (TPSA) is 84.9 Å². The quantitative estimate of drug-likeness (QED) is 0.377. The van der Waals surface area contributed by atoms with Crippen LogP contribution in [0.15, 0.2) is 60.9 Å². The molecule has 5 aromatic rings. The van der Waals surface area contributed by atoms with Crippen LogP contribution >= 0.6 is 11.6 Å². The van der Waals surface area contributed by atoms with Gasteiger partial charge in [-0.3, -0.25) is 0 Å². The molecule has 7 nitrogen and oxygen atoms in total. The highest BCUT2D eigenvalue weighted by Gasteiger charge is 2.14. The highest BCUT2D eigenvalue weighted by molar-refractivity contribution is 6.33. The molecule has 0 saturated carbocycles. The van der Waals surface area contributed by atoms with Crippen molar-refractivity contribution in [1.29, 1.82) is 0 Å². The highest BCUT2D eigenvalue weighted by atomic mass is 35.5. The Hall–Kier alpha value is -3.84. The lowest BCUT2D eigenvalue weighted by Gasteiger charge is -2.13. The molecule has 2 aromatic heterocycles. The number of H-pyrrole nitrogens is 1. The van der Waals surface area contributed by atoms with E-state index in [-0.39, 0.29) is 0 Å². The third-order valence-electron chi connectivity index (χ3n) is 5.02. The summed E-state index contributed by atoms with van der Waals surface area (Å²) in [5.74, 6) is 2.59. The summed E-state index contributed by atoms with van der Waals surface area (Å²) in [5, 5.41) is 4.64. The average Bonchev–Trinajstić information content (AvgIpc) is 3.24. The molecule has 3 aromatic carbocycles. The third kappa shape index (κ3) is 3.49. The fraction of sp³-hybridized carbons (Fsp3) is 0.0870. The number of rotatable bonds is 5. The summed E-state index contributed by atoms with van der Waals surface area (Å²) in [6.07, 6.45) is 1.48. The van der Waals surface area contributed by atoms with E-state index in [1.807, 2.05) is 48.5 Å². The van der Waals surface area contributed by atoms with Crippen LogP contribution in [0.25, 0.3) is 33.3 Å². The van der Waals surface area contributed by atoms with Crippen molar-refractivity contribution in [1.82, 2.24) is 19.9 Å². The van der Waals surface area contributed by atoms with Crippen LogP contribution in [0.1, 0.15) is 0 Å². The first-order valence-electron chi connectivity index (χ1n) is 9.54. The van der Waals surface area contributed by atoms with Crippen molar-refractivity contribution >= 4 is 45.0 Å². The molecule has 0 aliphatic carbocycles. The van der Waals surface area contributed by atoms with Gasteiger partial charge >= 0.3 is 0 Å². The molecule has 0 aliphatic rings. The lowest BCUT2D eigenvalue weighted by molar-refractivity contribution is 0.397. The van der Waals surface area contributed by atoms with Crippen molar-refractivity contribution in [2.45, 2.75) is 0 Å². The smallest absolute Gasteiger partial charge is 0.148 e. The maximum absolute atomic E-state index is 6.49. The largest absolute Gasteiger partial charge is 0.497 e. The van der Waals surface area contributed by atoms with Crippen LogP contribution in [0.4, 0.5) is 11.5 Å². The molecule has 0 aliphatic heterocycles. The number of aromatic amines is 1. The number of nitrogens with one attached hydrogen (secondary N) is 2. The zero-order chi connectivity index (χ0) is 21.4. The monoisotopic (exact) mass is 431 g/mol. The number of halogens is 1. The Balaban J connectivity index is 1.59. The molecular formula is C23H18ClN5O2. The van der Waals surface area contributed by atoms with E-state index >= 15 is 0 Å². The van der Waals surface area contributed by atoms with Crippen molar-refractivity contribution in [3.63, 3.8) is 0 Å². The van der Waals surface area contributed by atoms with Crippen LogP contribution in [0.3, 0.4) is 0 Å². The zero-order valence-electron chi connectivity index (χ0n) is 16.8.